The molecule has 0 aliphatic carbocycles. The van der Waals surface area contributed by atoms with Crippen LogP contribution < -0.4 is 10.4 Å². The number of aliphatic hydroxyl groups is 4. The molecule has 0 spiro atoms. The van der Waals surface area contributed by atoms with Gasteiger partial charge in [0, 0.05) is 5.56 Å². The topological polar surface area (TPSA) is 130 Å². The van der Waals surface area contributed by atoms with Crippen molar-refractivity contribution in [2.45, 2.75) is 70.2 Å². The van der Waals surface area contributed by atoms with E-state index in [0.29, 0.717) is 22.6 Å². The zero-order valence-electron chi connectivity index (χ0n) is 18.7. The number of hydrogen-bond donors (Lipinski definition) is 4. The fourth-order valence-electron chi connectivity index (χ4n) is 3.64. The molecule has 0 amide bonds. The van der Waals surface area contributed by atoms with Gasteiger partial charge in [-0.25, -0.2) is 4.79 Å². The van der Waals surface area contributed by atoms with Crippen LogP contribution in [-0.2, 0) is 4.74 Å². The molecule has 0 unspecified atom stereocenters. The van der Waals surface area contributed by atoms with E-state index in [1.807, 2.05) is 0 Å². The van der Waals surface area contributed by atoms with Crippen molar-refractivity contribution in [3.8, 4) is 5.75 Å². The van der Waals surface area contributed by atoms with Gasteiger partial charge in [-0.1, -0.05) is 18.2 Å². The summed E-state index contributed by atoms with van der Waals surface area (Å²) in [6, 6.07) is 1.25. The summed E-state index contributed by atoms with van der Waals surface area (Å²) in [6.07, 6.45) is 3.20. The monoisotopic (exact) mass is 436 g/mol. The summed E-state index contributed by atoms with van der Waals surface area (Å²) in [5, 5.41) is 41.5. The normalized spacial score (nSPS) is 31.5. The fraction of sp³-hybridized carbons (Fsp3) is 0.522. The van der Waals surface area contributed by atoms with Crippen LogP contribution in [0.2, 0.25) is 0 Å². The smallest absolute Gasteiger partial charge is 0.339 e. The molecule has 172 valence electrons. The van der Waals surface area contributed by atoms with E-state index in [1.165, 1.54) is 38.3 Å². The lowest BCUT2D eigenvalue weighted by atomic mass is 9.85. The van der Waals surface area contributed by atoms with E-state index in [4.69, 9.17) is 13.9 Å². The minimum Gasteiger partial charge on any atom is -0.496 e. The van der Waals surface area contributed by atoms with E-state index in [1.54, 1.807) is 39.8 Å². The molecule has 2 rings (SSSR count). The summed E-state index contributed by atoms with van der Waals surface area (Å²) in [5.74, 6) is 0.732. The molecule has 1 aromatic rings. The lowest BCUT2D eigenvalue weighted by molar-refractivity contribution is -0.0580. The Morgan fingerprint density at radius 1 is 1.29 bits per heavy atom. The lowest BCUT2D eigenvalue weighted by Gasteiger charge is -2.29. The van der Waals surface area contributed by atoms with E-state index in [2.05, 4.69) is 0 Å². The average Bonchev–Trinajstić information content (AvgIpc) is 2.85. The summed E-state index contributed by atoms with van der Waals surface area (Å²) in [4.78, 5) is 11.6. The number of allylic oxidation sites excluding steroid dienone is 2. The fourth-order valence-corrected chi connectivity index (χ4v) is 3.64. The van der Waals surface area contributed by atoms with Crippen molar-refractivity contribution in [3.05, 3.63) is 57.7 Å². The molecule has 0 saturated carbocycles. The molecule has 8 nitrogen and oxygen atoms in total. The summed E-state index contributed by atoms with van der Waals surface area (Å²) in [7, 11) is 1.46. The number of rotatable bonds is 7. The van der Waals surface area contributed by atoms with Gasteiger partial charge in [0.15, 0.2) is 0 Å². The minimum absolute atomic E-state index is 0.321. The van der Waals surface area contributed by atoms with E-state index in [-0.39, 0.29) is 0 Å². The molecule has 1 saturated heterocycles. The SMILES string of the molecule is COc1cc(=O)oc(C=CC=C[C@H](O)[C@H](O)C(C)=C[C@]2(C)O[C@H](C)[C@](C)(O)[C@H]2O)c1C. The van der Waals surface area contributed by atoms with Gasteiger partial charge in [0.25, 0.3) is 0 Å². The van der Waals surface area contributed by atoms with Crippen LogP contribution in [0.5, 0.6) is 5.75 Å². The molecule has 0 aromatic carbocycles. The van der Waals surface area contributed by atoms with Crippen LogP contribution in [0.25, 0.3) is 6.08 Å². The van der Waals surface area contributed by atoms with Crippen molar-refractivity contribution in [2.24, 2.45) is 0 Å². The molecule has 1 aromatic heterocycles. The maximum absolute atomic E-state index is 11.6. The van der Waals surface area contributed by atoms with Crippen molar-refractivity contribution in [2.75, 3.05) is 7.11 Å². The van der Waals surface area contributed by atoms with Crippen molar-refractivity contribution in [1.29, 1.82) is 0 Å². The van der Waals surface area contributed by atoms with Crippen LogP contribution >= 0.6 is 0 Å². The molecule has 0 radical (unpaired) electrons. The van der Waals surface area contributed by atoms with Crippen LogP contribution in [0.1, 0.15) is 39.0 Å². The van der Waals surface area contributed by atoms with Gasteiger partial charge in [0.05, 0.1) is 19.3 Å². The molecule has 4 N–H and O–H groups in total. The van der Waals surface area contributed by atoms with Gasteiger partial charge in [0.2, 0.25) is 0 Å². The highest BCUT2D eigenvalue weighted by atomic mass is 16.6. The second-order valence-electron chi connectivity index (χ2n) is 8.26. The third-order valence-electron chi connectivity index (χ3n) is 5.74. The van der Waals surface area contributed by atoms with Gasteiger partial charge in [-0.3, -0.25) is 0 Å². The Balaban J connectivity index is 2.10. The van der Waals surface area contributed by atoms with Gasteiger partial charge in [-0.05, 0) is 52.3 Å². The van der Waals surface area contributed by atoms with Gasteiger partial charge in [-0.15, -0.1) is 0 Å². The Morgan fingerprint density at radius 3 is 2.48 bits per heavy atom. The van der Waals surface area contributed by atoms with Crippen molar-refractivity contribution < 1.29 is 34.3 Å². The first kappa shape index (κ1) is 25.0. The minimum atomic E-state index is -1.44. The molecule has 6 atom stereocenters. The second kappa shape index (κ2) is 9.50. The quantitative estimate of drug-likeness (QED) is 0.374. The Hall–Kier alpha value is -2.23. The van der Waals surface area contributed by atoms with Gasteiger partial charge in [-0.2, -0.15) is 0 Å². The predicted octanol–water partition coefficient (Wildman–Crippen LogP) is 1.48. The number of ether oxygens (including phenoxy) is 2. The zero-order chi connectivity index (χ0) is 23.6. The molecule has 31 heavy (non-hydrogen) atoms. The number of aliphatic hydroxyl groups excluding tert-OH is 3. The van der Waals surface area contributed by atoms with Crippen LogP contribution in [0, 0.1) is 6.92 Å². The molecule has 1 aliphatic rings. The summed E-state index contributed by atoms with van der Waals surface area (Å²) < 4.78 is 16.0. The highest BCUT2D eigenvalue weighted by Gasteiger charge is 2.55. The van der Waals surface area contributed by atoms with E-state index in [9.17, 15) is 25.2 Å². The Labute approximate surface area is 181 Å². The van der Waals surface area contributed by atoms with Gasteiger partial charge >= 0.3 is 5.63 Å². The largest absolute Gasteiger partial charge is 0.496 e. The van der Waals surface area contributed by atoms with Gasteiger partial charge in [0.1, 0.15) is 41.0 Å². The summed E-state index contributed by atoms with van der Waals surface area (Å²) >= 11 is 0. The van der Waals surface area contributed by atoms with Crippen molar-refractivity contribution in [3.63, 3.8) is 0 Å². The molecule has 8 heteroatoms. The number of hydrogen-bond acceptors (Lipinski definition) is 8. The first-order valence-corrected chi connectivity index (χ1v) is 10.0. The van der Waals surface area contributed by atoms with E-state index in [0.717, 1.165) is 0 Å². The molecule has 2 heterocycles. The standard InChI is InChI=1S/C23H32O8/c1-13(12-22(4)21(27)23(5,28)15(3)31-22)20(26)16(24)9-7-8-10-17-14(2)18(29-6)11-19(25)30-17/h7-12,15-16,20-21,24,26-28H,1-6H3/t15-,16+,20-,21+,22+,23+/m1/s1. The molecule has 1 fully saturated rings. The highest BCUT2D eigenvalue weighted by Crippen LogP contribution is 2.39. The molecule has 1 aliphatic heterocycles. The molecular formula is C23H32O8. The van der Waals surface area contributed by atoms with Crippen molar-refractivity contribution >= 4 is 6.08 Å². The third kappa shape index (κ3) is 5.34. The van der Waals surface area contributed by atoms with E-state index < -0.39 is 41.2 Å². The summed E-state index contributed by atoms with van der Waals surface area (Å²) in [5.41, 5.74) is -2.16. The molecule has 0 bridgehead atoms. The van der Waals surface area contributed by atoms with Crippen LogP contribution in [0.4, 0.5) is 0 Å². The Morgan fingerprint density at radius 2 is 1.94 bits per heavy atom. The number of methoxy groups -OCH3 is 1. The van der Waals surface area contributed by atoms with E-state index >= 15 is 0 Å². The molecular weight excluding hydrogens is 404 g/mol. The zero-order valence-corrected chi connectivity index (χ0v) is 18.7. The lowest BCUT2D eigenvalue weighted by Crippen LogP contribution is -2.47. The third-order valence-corrected chi connectivity index (χ3v) is 5.74. The van der Waals surface area contributed by atoms with Crippen molar-refractivity contribution in [1.82, 2.24) is 0 Å². The first-order chi connectivity index (χ1) is 14.3. The van der Waals surface area contributed by atoms with Crippen LogP contribution in [-0.4, -0.2) is 63.2 Å². The maximum Gasteiger partial charge on any atom is 0.339 e. The predicted molar refractivity (Wildman–Crippen MR) is 116 cm³/mol. The maximum atomic E-state index is 11.6. The Kier molecular flexibility index (Phi) is 7.67. The van der Waals surface area contributed by atoms with Crippen LogP contribution in [0.15, 0.2) is 45.2 Å². The first-order valence-electron chi connectivity index (χ1n) is 10.0. The second-order valence-corrected chi connectivity index (χ2v) is 8.26. The summed E-state index contributed by atoms with van der Waals surface area (Å²) in [6.45, 7) is 8.11. The Bertz CT molecular complexity index is 926. The van der Waals surface area contributed by atoms with Gasteiger partial charge < -0.3 is 34.3 Å². The highest BCUT2D eigenvalue weighted by molar-refractivity contribution is 5.52. The van der Waals surface area contributed by atoms with Crippen LogP contribution in [0.3, 0.4) is 0 Å². The average molecular weight is 437 g/mol.